The molecule has 1 aliphatic carbocycles. The predicted octanol–water partition coefficient (Wildman–Crippen LogP) is 2.80. The van der Waals surface area contributed by atoms with Crippen molar-refractivity contribution in [3.8, 4) is 0 Å². The van der Waals surface area contributed by atoms with Gasteiger partial charge < -0.3 is 5.32 Å². The summed E-state index contributed by atoms with van der Waals surface area (Å²) in [6.45, 7) is 0. The van der Waals surface area contributed by atoms with Gasteiger partial charge in [-0.1, -0.05) is 19.3 Å². The second kappa shape index (κ2) is 5.61. The molecule has 0 aromatic heterocycles. The van der Waals surface area contributed by atoms with Crippen LogP contribution in [-0.2, 0) is 10.0 Å². The monoisotopic (exact) mass is 268 g/mol. The Labute approximate surface area is 109 Å². The summed E-state index contributed by atoms with van der Waals surface area (Å²) in [5, 5.41) is 2.78. The molecule has 1 aromatic rings. The first-order valence-electron chi connectivity index (χ1n) is 6.41. The Kier molecular flexibility index (Phi) is 4.11. The van der Waals surface area contributed by atoms with Crippen LogP contribution in [-0.4, -0.2) is 20.7 Å². The second-order valence-electron chi connectivity index (χ2n) is 4.73. The molecule has 100 valence electrons. The van der Waals surface area contributed by atoms with E-state index in [9.17, 15) is 8.42 Å². The van der Waals surface area contributed by atoms with Crippen LogP contribution < -0.4 is 10.0 Å². The average molecular weight is 268 g/mol. The number of benzene rings is 1. The highest BCUT2D eigenvalue weighted by molar-refractivity contribution is 7.93. The molecule has 0 bridgehead atoms. The van der Waals surface area contributed by atoms with Gasteiger partial charge in [0.15, 0.2) is 0 Å². The molecule has 1 aliphatic rings. The summed E-state index contributed by atoms with van der Waals surface area (Å²) >= 11 is 0. The zero-order chi connectivity index (χ0) is 13.0. The van der Waals surface area contributed by atoms with Crippen LogP contribution in [0.15, 0.2) is 24.3 Å². The van der Waals surface area contributed by atoms with E-state index >= 15 is 0 Å². The SMILES string of the molecule is CNc1ccc(NS(=O)(=O)C2CCCCC2)cc1. The molecule has 0 unspecified atom stereocenters. The topological polar surface area (TPSA) is 58.2 Å². The molecule has 18 heavy (non-hydrogen) atoms. The van der Waals surface area contributed by atoms with E-state index in [-0.39, 0.29) is 5.25 Å². The molecule has 0 aliphatic heterocycles. The Hall–Kier alpha value is -1.23. The quantitative estimate of drug-likeness (QED) is 0.882. The Balaban J connectivity index is 2.06. The summed E-state index contributed by atoms with van der Waals surface area (Å²) in [6, 6.07) is 7.29. The summed E-state index contributed by atoms with van der Waals surface area (Å²) < 4.78 is 27.0. The third-order valence-electron chi connectivity index (χ3n) is 3.42. The van der Waals surface area contributed by atoms with E-state index in [1.54, 1.807) is 12.1 Å². The Bertz CT molecular complexity index is 476. The minimum Gasteiger partial charge on any atom is -0.388 e. The third kappa shape index (κ3) is 3.16. The molecule has 0 spiro atoms. The normalized spacial score (nSPS) is 17.4. The van der Waals surface area contributed by atoms with E-state index < -0.39 is 10.0 Å². The zero-order valence-electron chi connectivity index (χ0n) is 10.6. The maximum atomic E-state index is 12.2. The van der Waals surface area contributed by atoms with Gasteiger partial charge in [-0.2, -0.15) is 0 Å². The zero-order valence-corrected chi connectivity index (χ0v) is 11.5. The smallest absolute Gasteiger partial charge is 0.235 e. The van der Waals surface area contributed by atoms with Crippen molar-refractivity contribution in [1.82, 2.24) is 0 Å². The van der Waals surface area contributed by atoms with Gasteiger partial charge in [-0.15, -0.1) is 0 Å². The number of nitrogens with one attached hydrogen (secondary N) is 2. The first kappa shape index (κ1) is 13.2. The minimum atomic E-state index is -3.23. The van der Waals surface area contributed by atoms with Crippen molar-refractivity contribution in [2.75, 3.05) is 17.1 Å². The molecule has 4 nitrogen and oxygen atoms in total. The summed E-state index contributed by atoms with van der Waals surface area (Å²) in [6.07, 6.45) is 4.76. The van der Waals surface area contributed by atoms with Gasteiger partial charge in [-0.05, 0) is 37.1 Å². The molecule has 5 heteroatoms. The summed E-state index contributed by atoms with van der Waals surface area (Å²) in [5.74, 6) is 0. The first-order chi connectivity index (χ1) is 8.62. The molecule has 0 heterocycles. The van der Waals surface area contributed by atoms with E-state index in [0.29, 0.717) is 5.69 Å². The molecule has 2 rings (SSSR count). The fraction of sp³-hybridized carbons (Fsp3) is 0.538. The summed E-state index contributed by atoms with van der Waals surface area (Å²) in [7, 11) is -1.39. The minimum absolute atomic E-state index is 0.227. The van der Waals surface area contributed by atoms with Crippen LogP contribution in [0, 0.1) is 0 Å². The van der Waals surface area contributed by atoms with E-state index in [4.69, 9.17) is 0 Å². The van der Waals surface area contributed by atoms with Gasteiger partial charge in [0.1, 0.15) is 0 Å². The van der Waals surface area contributed by atoms with Crippen molar-refractivity contribution in [1.29, 1.82) is 0 Å². The van der Waals surface area contributed by atoms with Crippen LogP contribution in [0.2, 0.25) is 0 Å². The van der Waals surface area contributed by atoms with Crippen LogP contribution in [0.1, 0.15) is 32.1 Å². The predicted molar refractivity (Wildman–Crippen MR) is 75.4 cm³/mol. The van der Waals surface area contributed by atoms with Gasteiger partial charge in [-0.25, -0.2) is 8.42 Å². The fourth-order valence-electron chi connectivity index (χ4n) is 2.33. The highest BCUT2D eigenvalue weighted by atomic mass is 32.2. The Morgan fingerprint density at radius 3 is 2.11 bits per heavy atom. The largest absolute Gasteiger partial charge is 0.388 e. The van der Waals surface area contributed by atoms with E-state index in [0.717, 1.165) is 37.8 Å². The molecule has 1 aromatic carbocycles. The van der Waals surface area contributed by atoms with Gasteiger partial charge in [0.25, 0.3) is 0 Å². The second-order valence-corrected chi connectivity index (χ2v) is 6.70. The van der Waals surface area contributed by atoms with Crippen molar-refractivity contribution in [2.45, 2.75) is 37.4 Å². The molecule has 0 radical (unpaired) electrons. The molecule has 0 atom stereocenters. The van der Waals surface area contributed by atoms with Gasteiger partial charge in [0.2, 0.25) is 10.0 Å². The maximum Gasteiger partial charge on any atom is 0.235 e. The summed E-state index contributed by atoms with van der Waals surface area (Å²) in [5.41, 5.74) is 1.61. The number of sulfonamides is 1. The highest BCUT2D eigenvalue weighted by Gasteiger charge is 2.26. The molecule has 0 amide bonds. The van der Waals surface area contributed by atoms with E-state index in [1.807, 2.05) is 19.2 Å². The average Bonchev–Trinajstić information content (AvgIpc) is 2.40. The van der Waals surface area contributed by atoms with Gasteiger partial charge in [0, 0.05) is 18.4 Å². The highest BCUT2D eigenvalue weighted by Crippen LogP contribution is 2.25. The molecule has 1 fully saturated rings. The Morgan fingerprint density at radius 1 is 1.00 bits per heavy atom. The molecular weight excluding hydrogens is 248 g/mol. The lowest BCUT2D eigenvalue weighted by Gasteiger charge is -2.22. The van der Waals surface area contributed by atoms with Crippen LogP contribution in [0.3, 0.4) is 0 Å². The Morgan fingerprint density at radius 2 is 1.56 bits per heavy atom. The number of hydrogen-bond acceptors (Lipinski definition) is 3. The van der Waals surface area contributed by atoms with Gasteiger partial charge in [0.05, 0.1) is 5.25 Å². The van der Waals surface area contributed by atoms with Crippen molar-refractivity contribution < 1.29 is 8.42 Å². The molecular formula is C13H20N2O2S. The van der Waals surface area contributed by atoms with Crippen LogP contribution in [0.25, 0.3) is 0 Å². The first-order valence-corrected chi connectivity index (χ1v) is 7.96. The maximum absolute atomic E-state index is 12.2. The fourth-order valence-corrected chi connectivity index (χ4v) is 3.91. The molecule has 1 saturated carbocycles. The lowest BCUT2D eigenvalue weighted by atomic mass is 10.0. The third-order valence-corrected chi connectivity index (χ3v) is 5.29. The van der Waals surface area contributed by atoms with Crippen molar-refractivity contribution in [3.63, 3.8) is 0 Å². The van der Waals surface area contributed by atoms with Gasteiger partial charge >= 0.3 is 0 Å². The molecule has 2 N–H and O–H groups in total. The van der Waals surface area contributed by atoms with Crippen molar-refractivity contribution in [2.24, 2.45) is 0 Å². The lowest BCUT2D eigenvalue weighted by Crippen LogP contribution is -2.29. The number of rotatable bonds is 4. The van der Waals surface area contributed by atoms with E-state index in [1.165, 1.54) is 0 Å². The van der Waals surface area contributed by atoms with Crippen LogP contribution in [0.5, 0.6) is 0 Å². The van der Waals surface area contributed by atoms with Crippen molar-refractivity contribution >= 4 is 21.4 Å². The molecule has 0 saturated heterocycles. The standard InChI is InChI=1S/C13H20N2O2S/c1-14-11-7-9-12(10-8-11)15-18(16,17)13-5-3-2-4-6-13/h7-10,13-15H,2-6H2,1H3. The summed E-state index contributed by atoms with van der Waals surface area (Å²) in [4.78, 5) is 0. The van der Waals surface area contributed by atoms with Crippen LogP contribution in [0.4, 0.5) is 11.4 Å². The van der Waals surface area contributed by atoms with Crippen LogP contribution >= 0.6 is 0 Å². The lowest BCUT2D eigenvalue weighted by molar-refractivity contribution is 0.486. The van der Waals surface area contributed by atoms with E-state index in [2.05, 4.69) is 10.0 Å². The van der Waals surface area contributed by atoms with Crippen molar-refractivity contribution in [3.05, 3.63) is 24.3 Å². The van der Waals surface area contributed by atoms with Gasteiger partial charge in [-0.3, -0.25) is 4.72 Å². The number of anilines is 2. The number of hydrogen-bond donors (Lipinski definition) is 2.